The number of imide groups is 1. The number of carbonyl (C=O) groups is 3. The molecule has 2 aromatic carbocycles. The van der Waals surface area contributed by atoms with Gasteiger partial charge >= 0.3 is 5.69 Å². The Balaban J connectivity index is 0.857. The van der Waals surface area contributed by atoms with Crippen LogP contribution in [0, 0.1) is 5.92 Å². The van der Waals surface area contributed by atoms with E-state index in [0.717, 1.165) is 67.1 Å². The van der Waals surface area contributed by atoms with E-state index in [0.29, 0.717) is 52.6 Å². The van der Waals surface area contributed by atoms with Crippen molar-refractivity contribution < 1.29 is 23.8 Å². The zero-order valence-corrected chi connectivity index (χ0v) is 33.2. The van der Waals surface area contributed by atoms with E-state index in [-0.39, 0.29) is 30.0 Å². The van der Waals surface area contributed by atoms with E-state index in [2.05, 4.69) is 49.7 Å². The van der Waals surface area contributed by atoms with Crippen LogP contribution in [0.4, 0.5) is 11.4 Å². The second kappa shape index (κ2) is 15.0. The van der Waals surface area contributed by atoms with Crippen molar-refractivity contribution in [1.82, 2.24) is 33.9 Å². The molecule has 5 aromatic rings. The minimum Gasteiger partial charge on any atom is -0.489 e. The van der Waals surface area contributed by atoms with Gasteiger partial charge in [-0.3, -0.25) is 33.7 Å². The van der Waals surface area contributed by atoms with Gasteiger partial charge in [0.05, 0.1) is 39.9 Å². The van der Waals surface area contributed by atoms with Crippen molar-refractivity contribution in [2.45, 2.75) is 83.5 Å². The standard InChI is InChI=1S/C42H47N11O5/c1-5-51(29-23-49(24-29)33-8-6-9-34-38(33)48(4)42(57)53(34)35-14-15-37(54)46-41(35)56)28-12-10-26(11-13-28)21-50-22-27-18-32(36(58-25(2)3)19-31(27)47-50)45-40(55)30-20-44-52-17-7-16-43-39(30)52/h6-9,16-22,25-26,28-29,35H,5,10-15,23-24H2,1-4H3,(H-,45,46,54,55,56)/p+1/b50-21-. The van der Waals surface area contributed by atoms with Gasteiger partial charge in [0.1, 0.15) is 22.7 Å². The number of likely N-dealkylation sites (N-methyl/N-ethyl adjacent to an activating group) is 1. The fourth-order valence-corrected chi connectivity index (χ4v) is 9.15. The summed E-state index contributed by atoms with van der Waals surface area (Å²) in [7, 11) is 1.76. The normalized spacial score (nSPS) is 21.7. The van der Waals surface area contributed by atoms with Gasteiger partial charge in [0.15, 0.2) is 11.9 Å². The number of rotatable bonds is 10. The van der Waals surface area contributed by atoms with Crippen LogP contribution in [0.5, 0.6) is 5.75 Å². The predicted molar refractivity (Wildman–Crippen MR) is 217 cm³/mol. The van der Waals surface area contributed by atoms with Gasteiger partial charge in [0.25, 0.3) is 5.91 Å². The highest BCUT2D eigenvalue weighted by atomic mass is 16.5. The number of amides is 3. The molecule has 1 aliphatic carbocycles. The number of ether oxygens (including phenoxy) is 1. The van der Waals surface area contributed by atoms with Crippen molar-refractivity contribution in [3.8, 4) is 5.75 Å². The number of benzene rings is 2. The topological polar surface area (TPSA) is 163 Å². The molecule has 0 radical (unpaired) electrons. The van der Waals surface area contributed by atoms with Crippen LogP contribution in [0.25, 0.3) is 22.9 Å². The number of piperidine rings is 1. The fraction of sp³-hybridized carbons (Fsp3) is 0.429. The second-order valence-electron chi connectivity index (χ2n) is 16.0. The van der Waals surface area contributed by atoms with Crippen molar-refractivity contribution in [2.75, 3.05) is 29.9 Å². The van der Waals surface area contributed by atoms with Crippen molar-refractivity contribution in [2.24, 2.45) is 18.1 Å². The van der Waals surface area contributed by atoms with Crippen molar-refractivity contribution >= 4 is 58.2 Å². The highest BCUT2D eigenvalue weighted by Gasteiger charge is 2.38. The van der Waals surface area contributed by atoms with Crippen molar-refractivity contribution in [3.63, 3.8) is 0 Å². The fourth-order valence-electron chi connectivity index (χ4n) is 9.15. The van der Waals surface area contributed by atoms with Crippen LogP contribution in [0.3, 0.4) is 0 Å². The van der Waals surface area contributed by atoms with Crippen LogP contribution in [-0.2, 0) is 16.6 Å². The number of carbonyl (C=O) groups excluding carboxylic acids is 3. The molecule has 9 rings (SSSR count). The molecule has 58 heavy (non-hydrogen) atoms. The molecular formula is C42H48N11O5+. The smallest absolute Gasteiger partial charge is 0.329 e. The minimum absolute atomic E-state index is 0.106. The van der Waals surface area contributed by atoms with Crippen molar-refractivity contribution in [3.05, 3.63) is 81.6 Å². The largest absolute Gasteiger partial charge is 0.489 e. The van der Waals surface area contributed by atoms with E-state index in [4.69, 9.17) is 9.84 Å². The molecule has 0 bridgehead atoms. The van der Waals surface area contributed by atoms with Crippen LogP contribution in [-0.4, -0.2) is 95.1 Å². The monoisotopic (exact) mass is 786 g/mol. The summed E-state index contributed by atoms with van der Waals surface area (Å²) in [6.07, 6.45) is 13.8. The molecule has 300 valence electrons. The van der Waals surface area contributed by atoms with Gasteiger partial charge in [-0.05, 0) is 76.8 Å². The number of fused-ring (bicyclic) bond motifs is 3. The summed E-state index contributed by atoms with van der Waals surface area (Å²) in [6.45, 7) is 8.82. The maximum absolute atomic E-state index is 13.5. The Hall–Kier alpha value is -6.16. The molecule has 4 aliphatic rings. The van der Waals surface area contributed by atoms with Crippen LogP contribution in [0.15, 0.2) is 64.9 Å². The number of imidazole rings is 1. The Morgan fingerprint density at radius 3 is 2.66 bits per heavy atom. The average molecular weight is 787 g/mol. The van der Waals surface area contributed by atoms with Gasteiger partial charge in [-0.15, -0.1) is 0 Å². The molecule has 3 amide bonds. The molecular weight excluding hydrogens is 739 g/mol. The number of aryl methyl sites for hydroxylation is 1. The van der Waals surface area contributed by atoms with Gasteiger partial charge in [0.2, 0.25) is 18.0 Å². The summed E-state index contributed by atoms with van der Waals surface area (Å²) in [5.41, 5.74) is 3.67. The lowest BCUT2D eigenvalue weighted by molar-refractivity contribution is -0.424. The first-order valence-electron chi connectivity index (χ1n) is 20.2. The van der Waals surface area contributed by atoms with E-state index in [1.165, 1.54) is 6.20 Å². The van der Waals surface area contributed by atoms with Crippen LogP contribution >= 0.6 is 0 Å². The molecule has 3 aromatic heterocycles. The zero-order chi connectivity index (χ0) is 40.2. The molecule has 2 saturated heterocycles. The Bertz CT molecular complexity index is 2680. The number of aromatic nitrogens is 5. The molecule has 16 nitrogen and oxygen atoms in total. The third-order valence-electron chi connectivity index (χ3n) is 12.0. The lowest BCUT2D eigenvalue weighted by Crippen LogP contribution is -2.62. The molecule has 1 unspecified atom stereocenters. The summed E-state index contributed by atoms with van der Waals surface area (Å²) >= 11 is 0. The molecule has 1 saturated carbocycles. The Labute approximate surface area is 334 Å². The van der Waals surface area contributed by atoms with Gasteiger partial charge < -0.3 is 15.0 Å². The molecule has 16 heteroatoms. The Morgan fingerprint density at radius 1 is 1.09 bits per heavy atom. The minimum atomic E-state index is -0.707. The first-order valence-corrected chi connectivity index (χ1v) is 20.2. The van der Waals surface area contributed by atoms with E-state index in [1.807, 2.05) is 49.0 Å². The molecule has 3 fully saturated rings. The third-order valence-corrected chi connectivity index (χ3v) is 12.0. The number of anilines is 2. The Kier molecular flexibility index (Phi) is 9.66. The first-order chi connectivity index (χ1) is 28.1. The van der Waals surface area contributed by atoms with Crippen LogP contribution in [0.1, 0.15) is 75.7 Å². The van der Waals surface area contributed by atoms with Crippen molar-refractivity contribution in [1.29, 1.82) is 0 Å². The highest BCUT2D eigenvalue weighted by molar-refractivity contribution is 6.08. The lowest BCUT2D eigenvalue weighted by Gasteiger charge is -2.50. The summed E-state index contributed by atoms with van der Waals surface area (Å²) in [6, 6.07) is 11.6. The van der Waals surface area contributed by atoms with E-state index < -0.39 is 11.9 Å². The lowest BCUT2D eigenvalue weighted by atomic mass is 9.85. The number of para-hydroxylation sites is 1. The van der Waals surface area contributed by atoms with E-state index >= 15 is 0 Å². The molecule has 0 spiro atoms. The predicted octanol–water partition coefficient (Wildman–Crippen LogP) is 2.54. The van der Waals surface area contributed by atoms with Gasteiger partial charge in [-0.25, -0.2) is 14.3 Å². The summed E-state index contributed by atoms with van der Waals surface area (Å²) < 4.78 is 12.8. The maximum Gasteiger partial charge on any atom is 0.329 e. The third kappa shape index (κ3) is 6.74. The summed E-state index contributed by atoms with van der Waals surface area (Å²) in [5.74, 6) is -0.120. The number of nitrogens with one attached hydrogen (secondary N) is 2. The quantitative estimate of drug-likeness (QED) is 0.160. The number of hydrogen-bond acceptors (Lipinski definition) is 10. The second-order valence-corrected chi connectivity index (χ2v) is 16.0. The molecule has 6 heterocycles. The maximum atomic E-state index is 13.5. The first kappa shape index (κ1) is 37.4. The average Bonchev–Trinajstić information content (AvgIpc) is 3.87. The van der Waals surface area contributed by atoms with Crippen LogP contribution in [0.2, 0.25) is 0 Å². The van der Waals surface area contributed by atoms with Gasteiger partial charge in [-0.1, -0.05) is 17.7 Å². The number of hydrogen-bond donors (Lipinski definition) is 2. The summed E-state index contributed by atoms with van der Waals surface area (Å²) in [4.78, 5) is 60.7. The van der Waals surface area contributed by atoms with E-state index in [1.54, 1.807) is 39.2 Å². The molecule has 2 N–H and O–H groups in total. The highest BCUT2D eigenvalue weighted by Crippen LogP contribution is 2.35. The number of nitrogens with zero attached hydrogens (tertiary/aromatic N) is 9. The summed E-state index contributed by atoms with van der Waals surface area (Å²) in [5, 5.41) is 16.2. The molecule has 1 atom stereocenters. The Morgan fingerprint density at radius 2 is 1.90 bits per heavy atom. The van der Waals surface area contributed by atoms with E-state index in [9.17, 15) is 19.2 Å². The molecule has 3 aliphatic heterocycles. The zero-order valence-electron chi connectivity index (χ0n) is 33.2. The SMILES string of the molecule is CCN(C1CCC(/C=[N+]2/C=c3cc(NC(=O)c4cnn5cccnc45)c(OC(C)C)cc3=N2)CC1)C1CN(c2cccc3c2n(C)c(=O)n3C2CCC(=O)NC2=O)C1. The van der Waals surface area contributed by atoms with Gasteiger partial charge in [-0.2, -0.15) is 5.10 Å². The van der Waals surface area contributed by atoms with Crippen LogP contribution < -0.4 is 36.5 Å². The van der Waals surface area contributed by atoms with Gasteiger partial charge in [0, 0.05) is 68.1 Å².